The van der Waals surface area contributed by atoms with Crippen LogP contribution in [0.15, 0.2) is 18.2 Å². The Bertz CT molecular complexity index is 656. The van der Waals surface area contributed by atoms with E-state index in [2.05, 4.69) is 10.6 Å². The quantitative estimate of drug-likeness (QED) is 0.825. The average molecular weight is 341 g/mol. The van der Waals surface area contributed by atoms with Crippen LogP contribution in [-0.2, 0) is 4.79 Å². The molecule has 0 aliphatic heterocycles. The standard InChI is InChI=1S/C16H18Cl2N2O2/c1-9-3-4-10(13(21)19-11-5-6-11)7-12(9)20-14(22)15(2)8-16(15,17)18/h3-4,7,11H,5-6,8H2,1-2H3,(H,19,21)(H,20,22)/t15-/m0/s1. The third-order valence-electron chi connectivity index (χ3n) is 4.42. The Morgan fingerprint density at radius 1 is 1.27 bits per heavy atom. The van der Waals surface area contributed by atoms with Crippen molar-refractivity contribution in [1.82, 2.24) is 5.32 Å². The van der Waals surface area contributed by atoms with Crippen LogP contribution in [0.4, 0.5) is 5.69 Å². The molecule has 2 aliphatic rings. The number of halogens is 2. The number of rotatable bonds is 4. The molecule has 0 unspecified atom stereocenters. The number of amides is 2. The summed E-state index contributed by atoms with van der Waals surface area (Å²) >= 11 is 12.1. The number of carbonyl (C=O) groups excluding carboxylic acids is 2. The SMILES string of the molecule is Cc1ccc(C(=O)NC2CC2)cc1NC(=O)[C@]1(C)CC1(Cl)Cl. The van der Waals surface area contributed by atoms with E-state index < -0.39 is 9.75 Å². The summed E-state index contributed by atoms with van der Waals surface area (Å²) in [6.45, 7) is 3.61. The zero-order chi connectivity index (χ0) is 16.1. The van der Waals surface area contributed by atoms with Gasteiger partial charge in [0.15, 0.2) is 0 Å². The molecule has 0 spiro atoms. The Balaban J connectivity index is 1.75. The predicted octanol–water partition coefficient (Wildman–Crippen LogP) is 3.41. The minimum absolute atomic E-state index is 0.111. The van der Waals surface area contributed by atoms with Crippen LogP contribution in [0.3, 0.4) is 0 Å². The van der Waals surface area contributed by atoms with Crippen LogP contribution in [-0.4, -0.2) is 22.2 Å². The van der Waals surface area contributed by atoms with Gasteiger partial charge in [0.2, 0.25) is 5.91 Å². The largest absolute Gasteiger partial charge is 0.349 e. The van der Waals surface area contributed by atoms with Gasteiger partial charge in [0.1, 0.15) is 4.33 Å². The molecule has 1 atom stereocenters. The molecule has 0 radical (unpaired) electrons. The lowest BCUT2D eigenvalue weighted by atomic mass is 10.1. The number of benzene rings is 1. The molecule has 2 saturated carbocycles. The van der Waals surface area contributed by atoms with Crippen LogP contribution in [0.25, 0.3) is 0 Å². The molecule has 2 fully saturated rings. The van der Waals surface area contributed by atoms with Gasteiger partial charge in [-0.05, 0) is 50.8 Å². The van der Waals surface area contributed by atoms with Gasteiger partial charge in [0.05, 0.1) is 5.41 Å². The first kappa shape index (κ1) is 15.6. The van der Waals surface area contributed by atoms with Gasteiger partial charge >= 0.3 is 0 Å². The van der Waals surface area contributed by atoms with Crippen molar-refractivity contribution in [2.45, 2.75) is 43.5 Å². The fraction of sp³-hybridized carbons (Fsp3) is 0.500. The molecule has 2 N–H and O–H groups in total. The van der Waals surface area contributed by atoms with Crippen molar-refractivity contribution in [2.75, 3.05) is 5.32 Å². The first-order valence-corrected chi connectivity index (χ1v) is 8.09. The summed E-state index contributed by atoms with van der Waals surface area (Å²) in [5.74, 6) is -0.333. The number of hydrogen-bond donors (Lipinski definition) is 2. The first-order chi connectivity index (χ1) is 10.2. The summed E-state index contributed by atoms with van der Waals surface area (Å²) in [5, 5.41) is 5.78. The third-order valence-corrected chi connectivity index (χ3v) is 5.52. The maximum atomic E-state index is 12.4. The maximum absolute atomic E-state index is 12.4. The summed E-state index contributed by atoms with van der Waals surface area (Å²) in [5.41, 5.74) is 1.26. The maximum Gasteiger partial charge on any atom is 0.251 e. The first-order valence-electron chi connectivity index (χ1n) is 7.34. The molecule has 1 aromatic rings. The van der Waals surface area contributed by atoms with Gasteiger partial charge < -0.3 is 10.6 Å². The van der Waals surface area contributed by atoms with Crippen LogP contribution >= 0.6 is 23.2 Å². The van der Waals surface area contributed by atoms with Crippen molar-refractivity contribution in [3.63, 3.8) is 0 Å². The van der Waals surface area contributed by atoms with E-state index in [0.717, 1.165) is 18.4 Å². The van der Waals surface area contributed by atoms with Gasteiger partial charge in [-0.25, -0.2) is 0 Å². The van der Waals surface area contributed by atoms with Gasteiger partial charge in [-0.15, -0.1) is 23.2 Å². The van der Waals surface area contributed by atoms with E-state index in [1.54, 1.807) is 19.1 Å². The van der Waals surface area contributed by atoms with E-state index in [0.29, 0.717) is 23.7 Å². The molecule has 3 rings (SSSR count). The Hall–Kier alpha value is -1.26. The molecule has 0 heterocycles. The molecular formula is C16H18Cl2N2O2. The van der Waals surface area contributed by atoms with Gasteiger partial charge in [-0.1, -0.05) is 6.07 Å². The molecule has 118 valence electrons. The van der Waals surface area contributed by atoms with Crippen molar-refractivity contribution in [1.29, 1.82) is 0 Å². The molecule has 22 heavy (non-hydrogen) atoms. The lowest BCUT2D eigenvalue weighted by Crippen LogP contribution is -2.27. The molecule has 2 aliphatic carbocycles. The highest BCUT2D eigenvalue weighted by atomic mass is 35.5. The summed E-state index contributed by atoms with van der Waals surface area (Å²) in [4.78, 5) is 24.4. The lowest BCUT2D eigenvalue weighted by molar-refractivity contribution is -0.120. The van der Waals surface area contributed by atoms with E-state index in [4.69, 9.17) is 23.2 Å². The van der Waals surface area contributed by atoms with Gasteiger partial charge in [0, 0.05) is 17.3 Å². The van der Waals surface area contributed by atoms with E-state index >= 15 is 0 Å². The molecule has 4 nitrogen and oxygen atoms in total. The summed E-state index contributed by atoms with van der Waals surface area (Å²) < 4.78 is -1.01. The highest BCUT2D eigenvalue weighted by Crippen LogP contribution is 2.64. The van der Waals surface area contributed by atoms with Crippen LogP contribution in [0.5, 0.6) is 0 Å². The van der Waals surface area contributed by atoms with Gasteiger partial charge in [-0.3, -0.25) is 9.59 Å². The number of nitrogens with one attached hydrogen (secondary N) is 2. The van der Waals surface area contributed by atoms with Gasteiger partial charge in [-0.2, -0.15) is 0 Å². The zero-order valence-corrected chi connectivity index (χ0v) is 14.0. The Morgan fingerprint density at radius 3 is 2.45 bits per heavy atom. The molecule has 0 saturated heterocycles. The Morgan fingerprint density at radius 2 is 1.91 bits per heavy atom. The number of alkyl halides is 2. The summed E-state index contributed by atoms with van der Waals surface area (Å²) in [6.07, 6.45) is 2.50. The Kier molecular flexibility index (Phi) is 3.65. The summed E-state index contributed by atoms with van der Waals surface area (Å²) in [7, 11) is 0. The molecule has 6 heteroatoms. The molecule has 0 aromatic heterocycles. The van der Waals surface area contributed by atoms with E-state index in [9.17, 15) is 9.59 Å². The van der Waals surface area contributed by atoms with E-state index in [1.807, 2.05) is 13.0 Å². The van der Waals surface area contributed by atoms with Crippen molar-refractivity contribution < 1.29 is 9.59 Å². The second kappa shape index (κ2) is 5.14. The average Bonchev–Trinajstić information content (AvgIpc) is 3.32. The predicted molar refractivity (Wildman–Crippen MR) is 87.5 cm³/mol. The minimum Gasteiger partial charge on any atom is -0.349 e. The molecule has 2 amide bonds. The van der Waals surface area contributed by atoms with Crippen LogP contribution in [0.1, 0.15) is 42.1 Å². The van der Waals surface area contributed by atoms with Crippen LogP contribution in [0.2, 0.25) is 0 Å². The minimum atomic E-state index is -1.01. The van der Waals surface area contributed by atoms with E-state index in [-0.39, 0.29) is 11.8 Å². The van der Waals surface area contributed by atoms with Crippen molar-refractivity contribution in [2.24, 2.45) is 5.41 Å². The van der Waals surface area contributed by atoms with Crippen molar-refractivity contribution in [3.8, 4) is 0 Å². The monoisotopic (exact) mass is 340 g/mol. The fourth-order valence-electron chi connectivity index (χ4n) is 2.30. The Labute approximate surface area is 139 Å². The van der Waals surface area contributed by atoms with E-state index in [1.165, 1.54) is 0 Å². The van der Waals surface area contributed by atoms with Crippen molar-refractivity contribution in [3.05, 3.63) is 29.3 Å². The topological polar surface area (TPSA) is 58.2 Å². The highest BCUT2D eigenvalue weighted by molar-refractivity contribution is 6.53. The third kappa shape index (κ3) is 2.82. The zero-order valence-electron chi connectivity index (χ0n) is 12.5. The highest BCUT2D eigenvalue weighted by Gasteiger charge is 2.67. The molecule has 1 aromatic carbocycles. The van der Waals surface area contributed by atoms with Crippen LogP contribution in [0, 0.1) is 12.3 Å². The molecular weight excluding hydrogens is 323 g/mol. The number of aryl methyl sites for hydroxylation is 1. The number of hydrogen-bond acceptors (Lipinski definition) is 2. The van der Waals surface area contributed by atoms with Crippen molar-refractivity contribution >= 4 is 40.7 Å². The lowest BCUT2D eigenvalue weighted by Gasteiger charge is -2.15. The molecule has 0 bridgehead atoms. The number of anilines is 1. The summed E-state index contributed by atoms with van der Waals surface area (Å²) in [6, 6.07) is 5.57. The second-order valence-electron chi connectivity index (χ2n) is 6.44. The number of carbonyl (C=O) groups is 2. The van der Waals surface area contributed by atoms with Crippen LogP contribution < -0.4 is 10.6 Å². The van der Waals surface area contributed by atoms with Gasteiger partial charge in [0.25, 0.3) is 5.91 Å². The smallest absolute Gasteiger partial charge is 0.251 e. The second-order valence-corrected chi connectivity index (χ2v) is 7.93. The normalized spacial score (nSPS) is 25.5. The fourth-order valence-corrected chi connectivity index (χ4v) is 3.01.